The number of esters is 1. The standard InChI is InChI=1S/C16H14N2O6/c1-23-12-7-8-14(18(21)22)13(9-12)17-15(19)10-24-16(20)11-5-3-2-4-6-11/h2-9H,10H2,1H3,(H,17,19). The maximum Gasteiger partial charge on any atom is 0.338 e. The third-order valence-electron chi connectivity index (χ3n) is 3.02. The molecule has 0 spiro atoms. The van der Waals surface area contributed by atoms with E-state index in [4.69, 9.17) is 9.47 Å². The molecule has 0 aliphatic heterocycles. The van der Waals surface area contributed by atoms with Gasteiger partial charge in [0.1, 0.15) is 11.4 Å². The molecule has 0 unspecified atom stereocenters. The predicted octanol–water partition coefficient (Wildman–Crippen LogP) is 2.40. The first-order chi connectivity index (χ1) is 11.5. The molecule has 8 nitrogen and oxygen atoms in total. The van der Waals surface area contributed by atoms with Gasteiger partial charge in [0.2, 0.25) is 0 Å². The highest BCUT2D eigenvalue weighted by Gasteiger charge is 2.18. The van der Waals surface area contributed by atoms with Crippen molar-refractivity contribution in [3.05, 3.63) is 64.2 Å². The van der Waals surface area contributed by atoms with Crippen molar-refractivity contribution >= 4 is 23.3 Å². The van der Waals surface area contributed by atoms with Gasteiger partial charge in [0.05, 0.1) is 17.6 Å². The molecule has 1 N–H and O–H groups in total. The number of carbonyl (C=O) groups is 2. The van der Waals surface area contributed by atoms with Crippen molar-refractivity contribution in [2.75, 3.05) is 19.0 Å². The summed E-state index contributed by atoms with van der Waals surface area (Å²) in [5.74, 6) is -1.02. The minimum atomic E-state index is -0.698. The van der Waals surface area contributed by atoms with E-state index in [0.29, 0.717) is 11.3 Å². The molecule has 124 valence electrons. The van der Waals surface area contributed by atoms with E-state index >= 15 is 0 Å². The molecule has 8 heteroatoms. The van der Waals surface area contributed by atoms with Crippen LogP contribution in [0.2, 0.25) is 0 Å². The van der Waals surface area contributed by atoms with Gasteiger partial charge in [-0.2, -0.15) is 0 Å². The number of benzene rings is 2. The fraction of sp³-hybridized carbons (Fsp3) is 0.125. The number of hydrogen-bond acceptors (Lipinski definition) is 6. The fourth-order valence-corrected chi connectivity index (χ4v) is 1.88. The van der Waals surface area contributed by atoms with Gasteiger partial charge >= 0.3 is 5.97 Å². The minimum Gasteiger partial charge on any atom is -0.497 e. The number of nitrogens with one attached hydrogen (secondary N) is 1. The van der Waals surface area contributed by atoms with Gasteiger partial charge in [-0.1, -0.05) is 18.2 Å². The molecule has 2 aromatic rings. The van der Waals surface area contributed by atoms with Crippen molar-refractivity contribution in [1.82, 2.24) is 0 Å². The summed E-state index contributed by atoms with van der Waals surface area (Å²) in [6.07, 6.45) is 0. The van der Waals surface area contributed by atoms with Gasteiger partial charge in [-0.3, -0.25) is 14.9 Å². The van der Waals surface area contributed by atoms with Gasteiger partial charge in [0.15, 0.2) is 6.61 Å². The summed E-state index contributed by atoms with van der Waals surface area (Å²) in [4.78, 5) is 34.0. The van der Waals surface area contributed by atoms with Crippen LogP contribution in [0, 0.1) is 10.1 Å². The van der Waals surface area contributed by atoms with E-state index in [9.17, 15) is 19.7 Å². The molecule has 1 amide bonds. The van der Waals surface area contributed by atoms with Gasteiger partial charge in [-0.05, 0) is 18.2 Å². The summed E-state index contributed by atoms with van der Waals surface area (Å²) in [5.41, 5.74) is -0.0312. The Morgan fingerprint density at radius 2 is 1.88 bits per heavy atom. The van der Waals surface area contributed by atoms with E-state index < -0.39 is 23.4 Å². The van der Waals surface area contributed by atoms with Gasteiger partial charge in [0.25, 0.3) is 11.6 Å². The molecule has 2 rings (SSSR count). The summed E-state index contributed by atoms with van der Waals surface area (Å²) >= 11 is 0. The number of nitrogens with zero attached hydrogens (tertiary/aromatic N) is 1. The Kier molecular flexibility index (Phi) is 5.45. The topological polar surface area (TPSA) is 108 Å². The number of methoxy groups -OCH3 is 1. The van der Waals surface area contributed by atoms with Crippen molar-refractivity contribution < 1.29 is 24.0 Å². The van der Waals surface area contributed by atoms with E-state index in [0.717, 1.165) is 0 Å². The summed E-state index contributed by atoms with van der Waals surface area (Å²) in [6.45, 7) is -0.567. The molecule has 0 aromatic heterocycles. The molecule has 0 saturated carbocycles. The van der Waals surface area contributed by atoms with E-state index in [-0.39, 0.29) is 11.4 Å². The molecule has 0 aliphatic carbocycles. The molecule has 0 heterocycles. The van der Waals surface area contributed by atoms with Crippen molar-refractivity contribution in [3.63, 3.8) is 0 Å². The first-order valence-corrected chi connectivity index (χ1v) is 6.85. The zero-order chi connectivity index (χ0) is 17.5. The van der Waals surface area contributed by atoms with Crippen LogP contribution in [0.25, 0.3) is 0 Å². The number of anilines is 1. The SMILES string of the molecule is COc1ccc([N+](=O)[O-])c(NC(=O)COC(=O)c2ccccc2)c1. The lowest BCUT2D eigenvalue weighted by Crippen LogP contribution is -2.21. The lowest BCUT2D eigenvalue weighted by molar-refractivity contribution is -0.383. The quantitative estimate of drug-likeness (QED) is 0.495. The molecule has 0 radical (unpaired) electrons. The number of carbonyl (C=O) groups excluding carboxylic acids is 2. The normalized spacial score (nSPS) is 9.88. The molecule has 0 saturated heterocycles. The van der Waals surface area contributed by atoms with Crippen molar-refractivity contribution in [3.8, 4) is 5.75 Å². The van der Waals surface area contributed by atoms with E-state index in [1.54, 1.807) is 30.3 Å². The van der Waals surface area contributed by atoms with Crippen LogP contribution in [-0.2, 0) is 9.53 Å². The average molecular weight is 330 g/mol. The molecule has 0 bridgehead atoms. The summed E-state index contributed by atoms with van der Waals surface area (Å²) in [6, 6.07) is 12.1. The Morgan fingerprint density at radius 3 is 2.50 bits per heavy atom. The maximum absolute atomic E-state index is 11.9. The molecule has 0 fully saturated rings. The van der Waals surface area contributed by atoms with Crippen LogP contribution in [0.4, 0.5) is 11.4 Å². The monoisotopic (exact) mass is 330 g/mol. The van der Waals surface area contributed by atoms with Crippen molar-refractivity contribution in [2.24, 2.45) is 0 Å². The maximum atomic E-state index is 11.9. The Balaban J connectivity index is 2.02. The molecule has 24 heavy (non-hydrogen) atoms. The Bertz CT molecular complexity index is 760. The highest BCUT2D eigenvalue weighted by Crippen LogP contribution is 2.28. The minimum absolute atomic E-state index is 0.0416. The summed E-state index contributed by atoms with van der Waals surface area (Å²) < 4.78 is 9.83. The van der Waals surface area contributed by atoms with Crippen LogP contribution in [0.3, 0.4) is 0 Å². The number of rotatable bonds is 6. The second kappa shape index (κ2) is 7.73. The molecule has 2 aromatic carbocycles. The van der Waals surface area contributed by atoms with Crippen molar-refractivity contribution in [1.29, 1.82) is 0 Å². The molecular formula is C16H14N2O6. The Hall–Kier alpha value is -3.42. The first-order valence-electron chi connectivity index (χ1n) is 6.85. The predicted molar refractivity (Wildman–Crippen MR) is 85.0 cm³/mol. The van der Waals surface area contributed by atoms with Gasteiger partial charge in [0, 0.05) is 12.1 Å². The van der Waals surface area contributed by atoms with E-state index in [1.807, 2.05) is 0 Å². The third-order valence-corrected chi connectivity index (χ3v) is 3.02. The Labute approximate surface area is 137 Å². The highest BCUT2D eigenvalue weighted by molar-refractivity contribution is 5.97. The average Bonchev–Trinajstić information content (AvgIpc) is 2.60. The number of hydrogen-bond donors (Lipinski definition) is 1. The lowest BCUT2D eigenvalue weighted by atomic mass is 10.2. The smallest absolute Gasteiger partial charge is 0.338 e. The van der Waals surface area contributed by atoms with Crippen LogP contribution < -0.4 is 10.1 Å². The number of nitro benzene ring substituents is 1. The van der Waals surface area contributed by atoms with Crippen LogP contribution in [-0.4, -0.2) is 30.5 Å². The molecule has 0 aliphatic rings. The second-order valence-electron chi connectivity index (χ2n) is 4.63. The van der Waals surface area contributed by atoms with Crippen LogP contribution in [0.15, 0.2) is 48.5 Å². The summed E-state index contributed by atoms with van der Waals surface area (Å²) in [7, 11) is 1.40. The van der Waals surface area contributed by atoms with Gasteiger partial charge in [-0.15, -0.1) is 0 Å². The largest absolute Gasteiger partial charge is 0.497 e. The number of amides is 1. The lowest BCUT2D eigenvalue weighted by Gasteiger charge is -2.08. The fourth-order valence-electron chi connectivity index (χ4n) is 1.88. The van der Waals surface area contributed by atoms with Crippen LogP contribution in [0.5, 0.6) is 5.75 Å². The first kappa shape index (κ1) is 16.9. The molecular weight excluding hydrogens is 316 g/mol. The van der Waals surface area contributed by atoms with Crippen LogP contribution in [0.1, 0.15) is 10.4 Å². The van der Waals surface area contributed by atoms with E-state index in [1.165, 1.54) is 25.3 Å². The van der Waals surface area contributed by atoms with Gasteiger partial charge < -0.3 is 14.8 Å². The number of ether oxygens (including phenoxy) is 2. The van der Waals surface area contributed by atoms with Gasteiger partial charge in [-0.25, -0.2) is 4.79 Å². The third kappa shape index (κ3) is 4.29. The van der Waals surface area contributed by atoms with Crippen LogP contribution >= 0.6 is 0 Å². The highest BCUT2D eigenvalue weighted by atomic mass is 16.6. The molecule has 0 atom stereocenters. The van der Waals surface area contributed by atoms with E-state index in [2.05, 4.69) is 5.32 Å². The second-order valence-corrected chi connectivity index (χ2v) is 4.63. The zero-order valence-electron chi connectivity index (χ0n) is 12.7. The Morgan fingerprint density at radius 1 is 1.17 bits per heavy atom. The van der Waals surface area contributed by atoms with Crippen molar-refractivity contribution in [2.45, 2.75) is 0 Å². The number of nitro groups is 1. The summed E-state index contributed by atoms with van der Waals surface area (Å²) in [5, 5.41) is 13.3. The zero-order valence-corrected chi connectivity index (χ0v) is 12.7.